The Kier molecular flexibility index (Phi) is 5.27. The van der Waals surface area contributed by atoms with Gasteiger partial charge in [0.1, 0.15) is 0 Å². The number of hydrogen-bond donors (Lipinski definition) is 0. The predicted molar refractivity (Wildman–Crippen MR) is 111 cm³/mol. The lowest BCUT2D eigenvalue weighted by atomic mass is 10.2. The Morgan fingerprint density at radius 3 is 2.79 bits per heavy atom. The summed E-state index contributed by atoms with van der Waals surface area (Å²) in [4.78, 5) is 21.9. The highest BCUT2D eigenvalue weighted by Crippen LogP contribution is 2.24. The summed E-state index contributed by atoms with van der Waals surface area (Å²) in [7, 11) is 0. The van der Waals surface area contributed by atoms with Crippen molar-refractivity contribution in [2.45, 2.75) is 17.5 Å². The fourth-order valence-corrected chi connectivity index (χ4v) is 3.74. The highest BCUT2D eigenvalue weighted by molar-refractivity contribution is 7.98. The molecule has 2 aromatic carbocycles. The van der Waals surface area contributed by atoms with Gasteiger partial charge in [0, 0.05) is 17.1 Å². The summed E-state index contributed by atoms with van der Waals surface area (Å²) in [6.45, 7) is 4.07. The SMILES string of the molecule is C=CCn1c(SCc2nc(-c3ccccc3)no2)nc2ccc(Cl)cc2c1=O. The van der Waals surface area contributed by atoms with E-state index < -0.39 is 0 Å². The van der Waals surface area contributed by atoms with Crippen molar-refractivity contribution in [1.82, 2.24) is 19.7 Å². The second-order valence-electron chi connectivity index (χ2n) is 5.93. The maximum atomic E-state index is 12.8. The molecule has 0 spiro atoms. The maximum Gasteiger partial charge on any atom is 0.262 e. The first kappa shape index (κ1) is 18.5. The molecular formula is C20H15ClN4O2S. The van der Waals surface area contributed by atoms with Crippen LogP contribution < -0.4 is 5.56 Å². The number of thioether (sulfide) groups is 1. The van der Waals surface area contributed by atoms with Crippen molar-refractivity contribution >= 4 is 34.3 Å². The molecule has 4 rings (SSSR count). The Labute approximate surface area is 169 Å². The normalized spacial score (nSPS) is 11.0. The molecule has 0 atom stereocenters. The van der Waals surface area contributed by atoms with Gasteiger partial charge in [0.25, 0.3) is 5.56 Å². The van der Waals surface area contributed by atoms with E-state index in [2.05, 4.69) is 21.7 Å². The van der Waals surface area contributed by atoms with Crippen molar-refractivity contribution < 1.29 is 4.52 Å². The van der Waals surface area contributed by atoms with E-state index in [9.17, 15) is 4.79 Å². The largest absolute Gasteiger partial charge is 0.338 e. The third-order valence-corrected chi connectivity index (χ3v) is 5.21. The maximum absolute atomic E-state index is 12.8. The molecule has 0 N–H and O–H groups in total. The number of benzene rings is 2. The molecular weight excluding hydrogens is 396 g/mol. The van der Waals surface area contributed by atoms with E-state index >= 15 is 0 Å². The van der Waals surface area contributed by atoms with Crippen LogP contribution in [0.1, 0.15) is 5.89 Å². The van der Waals surface area contributed by atoms with E-state index in [1.807, 2.05) is 30.3 Å². The summed E-state index contributed by atoms with van der Waals surface area (Å²) in [5.74, 6) is 1.38. The van der Waals surface area contributed by atoms with Crippen LogP contribution in [0.15, 0.2) is 75.7 Å². The summed E-state index contributed by atoms with van der Waals surface area (Å²) in [5.41, 5.74) is 1.31. The summed E-state index contributed by atoms with van der Waals surface area (Å²) in [6, 6.07) is 14.7. The minimum Gasteiger partial charge on any atom is -0.338 e. The van der Waals surface area contributed by atoms with Crippen molar-refractivity contribution in [3.05, 3.63) is 82.5 Å². The van der Waals surface area contributed by atoms with Gasteiger partial charge in [0.2, 0.25) is 11.7 Å². The molecule has 0 unspecified atom stereocenters. The molecule has 28 heavy (non-hydrogen) atoms. The lowest BCUT2D eigenvalue weighted by Crippen LogP contribution is -2.22. The second-order valence-corrected chi connectivity index (χ2v) is 7.31. The molecule has 0 aliphatic carbocycles. The van der Waals surface area contributed by atoms with Gasteiger partial charge in [0.05, 0.1) is 16.7 Å². The van der Waals surface area contributed by atoms with Crippen molar-refractivity contribution in [3.8, 4) is 11.4 Å². The zero-order chi connectivity index (χ0) is 19.5. The van der Waals surface area contributed by atoms with Gasteiger partial charge in [-0.15, -0.1) is 6.58 Å². The monoisotopic (exact) mass is 410 g/mol. The summed E-state index contributed by atoms with van der Waals surface area (Å²) in [6.07, 6.45) is 1.66. The van der Waals surface area contributed by atoms with E-state index in [0.29, 0.717) is 45.1 Å². The van der Waals surface area contributed by atoms with Gasteiger partial charge in [-0.05, 0) is 18.2 Å². The molecule has 0 fully saturated rings. The van der Waals surface area contributed by atoms with Gasteiger partial charge in [-0.2, -0.15) is 4.98 Å². The van der Waals surface area contributed by atoms with E-state index in [-0.39, 0.29) is 5.56 Å². The lowest BCUT2D eigenvalue weighted by Gasteiger charge is -2.10. The Morgan fingerprint density at radius 1 is 1.18 bits per heavy atom. The van der Waals surface area contributed by atoms with E-state index in [0.717, 1.165) is 5.56 Å². The van der Waals surface area contributed by atoms with Gasteiger partial charge in [-0.25, -0.2) is 4.98 Å². The molecule has 0 amide bonds. The average molecular weight is 411 g/mol. The van der Waals surface area contributed by atoms with Gasteiger partial charge < -0.3 is 4.52 Å². The smallest absolute Gasteiger partial charge is 0.262 e. The van der Waals surface area contributed by atoms with E-state index in [4.69, 9.17) is 16.1 Å². The summed E-state index contributed by atoms with van der Waals surface area (Å²) >= 11 is 7.38. The number of fused-ring (bicyclic) bond motifs is 1. The van der Waals surface area contributed by atoms with Crippen LogP contribution in [-0.4, -0.2) is 19.7 Å². The van der Waals surface area contributed by atoms with Crippen LogP contribution in [0.25, 0.3) is 22.3 Å². The highest BCUT2D eigenvalue weighted by atomic mass is 35.5. The Morgan fingerprint density at radius 2 is 2.00 bits per heavy atom. The van der Waals surface area contributed by atoms with Gasteiger partial charge in [0.15, 0.2) is 5.16 Å². The lowest BCUT2D eigenvalue weighted by molar-refractivity contribution is 0.391. The number of aromatic nitrogens is 4. The standard InChI is InChI=1S/C20H15ClN4O2S/c1-2-10-25-19(26)15-11-14(21)8-9-16(15)22-20(25)28-12-17-23-18(24-27-17)13-6-4-3-5-7-13/h2-9,11H,1,10,12H2. The Hall–Kier alpha value is -2.90. The highest BCUT2D eigenvalue weighted by Gasteiger charge is 2.14. The average Bonchev–Trinajstić information content (AvgIpc) is 3.19. The minimum absolute atomic E-state index is 0.162. The molecule has 0 saturated heterocycles. The Bertz CT molecular complexity index is 1200. The molecule has 6 nitrogen and oxygen atoms in total. The van der Waals surface area contributed by atoms with Gasteiger partial charge >= 0.3 is 0 Å². The fourth-order valence-electron chi connectivity index (χ4n) is 2.72. The zero-order valence-corrected chi connectivity index (χ0v) is 16.3. The van der Waals surface area contributed by atoms with Crippen LogP contribution in [-0.2, 0) is 12.3 Å². The van der Waals surface area contributed by atoms with Crippen molar-refractivity contribution in [3.63, 3.8) is 0 Å². The first-order valence-electron chi connectivity index (χ1n) is 8.47. The van der Waals surface area contributed by atoms with E-state index in [1.54, 1.807) is 28.8 Å². The topological polar surface area (TPSA) is 73.8 Å². The molecule has 0 bridgehead atoms. The van der Waals surface area contributed by atoms with Crippen molar-refractivity contribution in [2.24, 2.45) is 0 Å². The first-order chi connectivity index (χ1) is 13.7. The molecule has 8 heteroatoms. The minimum atomic E-state index is -0.162. The van der Waals surface area contributed by atoms with Crippen LogP contribution in [0.4, 0.5) is 0 Å². The third-order valence-electron chi connectivity index (χ3n) is 4.02. The van der Waals surface area contributed by atoms with Crippen LogP contribution >= 0.6 is 23.4 Å². The molecule has 0 aliphatic rings. The van der Waals surface area contributed by atoms with Crippen molar-refractivity contribution in [1.29, 1.82) is 0 Å². The number of rotatable bonds is 6. The Balaban J connectivity index is 1.63. The quantitative estimate of drug-likeness (QED) is 0.263. The summed E-state index contributed by atoms with van der Waals surface area (Å²) < 4.78 is 6.90. The number of allylic oxidation sites excluding steroid dienone is 1. The molecule has 0 radical (unpaired) electrons. The first-order valence-corrected chi connectivity index (χ1v) is 9.84. The number of hydrogen-bond acceptors (Lipinski definition) is 6. The summed E-state index contributed by atoms with van der Waals surface area (Å²) in [5, 5.41) is 5.54. The van der Waals surface area contributed by atoms with Crippen LogP contribution in [0.5, 0.6) is 0 Å². The third kappa shape index (κ3) is 3.72. The van der Waals surface area contributed by atoms with Gasteiger partial charge in [-0.3, -0.25) is 9.36 Å². The molecule has 2 heterocycles. The zero-order valence-electron chi connectivity index (χ0n) is 14.7. The molecule has 0 aliphatic heterocycles. The van der Waals surface area contributed by atoms with Crippen LogP contribution in [0.3, 0.4) is 0 Å². The molecule has 2 aromatic heterocycles. The van der Waals surface area contributed by atoms with Crippen LogP contribution in [0.2, 0.25) is 5.02 Å². The number of halogens is 1. The van der Waals surface area contributed by atoms with Crippen LogP contribution in [0, 0.1) is 0 Å². The molecule has 4 aromatic rings. The van der Waals surface area contributed by atoms with Crippen molar-refractivity contribution in [2.75, 3.05) is 0 Å². The fraction of sp³-hybridized carbons (Fsp3) is 0.100. The van der Waals surface area contributed by atoms with E-state index in [1.165, 1.54) is 11.8 Å². The second kappa shape index (κ2) is 8.00. The predicted octanol–water partition coefficient (Wildman–Crippen LogP) is 4.58. The molecule has 140 valence electrons. The van der Waals surface area contributed by atoms with Gasteiger partial charge in [-0.1, -0.05) is 64.9 Å². The number of nitrogens with zero attached hydrogens (tertiary/aromatic N) is 4. The molecule has 0 saturated carbocycles.